The molecule has 0 saturated heterocycles. The molecule has 2 aromatic carbocycles. The van der Waals surface area contributed by atoms with Crippen LogP contribution in [0, 0.1) is 0 Å². The van der Waals surface area contributed by atoms with Crippen molar-refractivity contribution in [1.29, 1.82) is 0 Å². The summed E-state index contributed by atoms with van der Waals surface area (Å²) in [6.45, 7) is 0.873. The van der Waals surface area contributed by atoms with E-state index >= 15 is 0 Å². The van der Waals surface area contributed by atoms with Gasteiger partial charge in [-0.05, 0) is 24.6 Å². The number of benzene rings is 2. The van der Waals surface area contributed by atoms with E-state index in [9.17, 15) is 4.79 Å². The molecule has 6 heteroatoms. The minimum atomic E-state index is -0.220. The zero-order valence-corrected chi connectivity index (χ0v) is 15.1. The third kappa shape index (κ3) is 3.57. The molecule has 0 aliphatic heterocycles. The van der Waals surface area contributed by atoms with E-state index in [1.165, 1.54) is 0 Å². The predicted octanol–water partition coefficient (Wildman–Crippen LogP) is 3.82. The number of imidazole rings is 1. The SMILES string of the molecule is COCc1c(C(=O)NCCCc2nc3ccccc3[nH]2)oc2ccccc12. The maximum absolute atomic E-state index is 12.6. The number of ether oxygens (including phenoxy) is 1. The van der Waals surface area contributed by atoms with Crippen LogP contribution in [0.3, 0.4) is 0 Å². The number of para-hydroxylation sites is 3. The molecule has 138 valence electrons. The van der Waals surface area contributed by atoms with Gasteiger partial charge in [0.2, 0.25) is 0 Å². The Kier molecular flexibility index (Phi) is 4.89. The predicted molar refractivity (Wildman–Crippen MR) is 104 cm³/mol. The second-order valence-electron chi connectivity index (χ2n) is 6.40. The summed E-state index contributed by atoms with van der Waals surface area (Å²) in [4.78, 5) is 20.4. The van der Waals surface area contributed by atoms with Crippen molar-refractivity contribution < 1.29 is 13.9 Å². The number of aromatic nitrogens is 2. The molecule has 0 spiro atoms. The molecular formula is C21H21N3O3. The molecule has 6 nitrogen and oxygen atoms in total. The number of methoxy groups -OCH3 is 1. The van der Waals surface area contributed by atoms with Crippen molar-refractivity contribution in [3.05, 3.63) is 65.7 Å². The highest BCUT2D eigenvalue weighted by atomic mass is 16.5. The fourth-order valence-electron chi connectivity index (χ4n) is 3.23. The van der Waals surface area contributed by atoms with Gasteiger partial charge in [-0.2, -0.15) is 0 Å². The van der Waals surface area contributed by atoms with Gasteiger partial charge in [-0.25, -0.2) is 4.98 Å². The Labute approximate surface area is 156 Å². The zero-order valence-electron chi connectivity index (χ0n) is 15.1. The molecule has 2 aromatic heterocycles. The standard InChI is InChI=1S/C21H21N3O3/c1-26-13-15-14-7-2-5-10-18(14)27-20(15)21(25)22-12-6-11-19-23-16-8-3-4-9-17(16)24-19/h2-5,7-10H,6,11-13H2,1H3,(H,22,25)(H,23,24). The van der Waals surface area contributed by atoms with Gasteiger partial charge in [0.1, 0.15) is 11.4 Å². The van der Waals surface area contributed by atoms with Crippen molar-refractivity contribution in [3.63, 3.8) is 0 Å². The van der Waals surface area contributed by atoms with Crippen LogP contribution in [-0.2, 0) is 17.8 Å². The Morgan fingerprint density at radius 2 is 2.00 bits per heavy atom. The molecule has 0 bridgehead atoms. The second kappa shape index (κ2) is 7.63. The lowest BCUT2D eigenvalue weighted by Gasteiger charge is -2.04. The quantitative estimate of drug-likeness (QED) is 0.489. The molecule has 1 amide bonds. The van der Waals surface area contributed by atoms with Crippen LogP contribution < -0.4 is 5.32 Å². The third-order valence-corrected chi connectivity index (χ3v) is 4.51. The number of furan rings is 1. The molecular weight excluding hydrogens is 342 g/mol. The molecule has 0 aliphatic carbocycles. The molecule has 4 rings (SSSR count). The maximum atomic E-state index is 12.6. The molecule has 2 N–H and O–H groups in total. The summed E-state index contributed by atoms with van der Waals surface area (Å²) in [5, 5.41) is 3.84. The Hall–Kier alpha value is -3.12. The van der Waals surface area contributed by atoms with Crippen LogP contribution >= 0.6 is 0 Å². The number of fused-ring (bicyclic) bond motifs is 2. The molecule has 0 saturated carbocycles. The number of aryl methyl sites for hydroxylation is 1. The molecule has 0 fully saturated rings. The first kappa shape index (κ1) is 17.3. The second-order valence-corrected chi connectivity index (χ2v) is 6.40. The van der Waals surface area contributed by atoms with Gasteiger partial charge in [-0.1, -0.05) is 30.3 Å². The summed E-state index contributed by atoms with van der Waals surface area (Å²) in [5.74, 6) is 1.03. The van der Waals surface area contributed by atoms with Crippen LogP contribution in [0.15, 0.2) is 52.9 Å². The van der Waals surface area contributed by atoms with Crippen LogP contribution in [0.25, 0.3) is 22.0 Å². The van der Waals surface area contributed by atoms with Crippen LogP contribution in [0.5, 0.6) is 0 Å². The number of hydrogen-bond donors (Lipinski definition) is 2. The number of nitrogens with one attached hydrogen (secondary N) is 2. The fourth-order valence-corrected chi connectivity index (χ4v) is 3.23. The smallest absolute Gasteiger partial charge is 0.287 e. The summed E-state index contributed by atoms with van der Waals surface area (Å²) in [5.41, 5.74) is 3.46. The van der Waals surface area contributed by atoms with Crippen LogP contribution in [0.2, 0.25) is 0 Å². The highest BCUT2D eigenvalue weighted by Gasteiger charge is 2.19. The summed E-state index contributed by atoms with van der Waals surface area (Å²) in [6, 6.07) is 15.5. The van der Waals surface area contributed by atoms with Gasteiger partial charge >= 0.3 is 0 Å². The Morgan fingerprint density at radius 3 is 2.85 bits per heavy atom. The average molecular weight is 363 g/mol. The van der Waals surface area contributed by atoms with Gasteiger partial charge in [-0.3, -0.25) is 4.79 Å². The van der Waals surface area contributed by atoms with Gasteiger partial charge in [0.15, 0.2) is 5.76 Å². The third-order valence-electron chi connectivity index (χ3n) is 4.51. The van der Waals surface area contributed by atoms with Gasteiger partial charge < -0.3 is 19.5 Å². The lowest BCUT2D eigenvalue weighted by atomic mass is 10.1. The number of aromatic amines is 1. The monoisotopic (exact) mass is 363 g/mol. The van der Waals surface area contributed by atoms with Crippen molar-refractivity contribution in [2.45, 2.75) is 19.4 Å². The van der Waals surface area contributed by atoms with E-state index in [1.807, 2.05) is 48.5 Å². The van der Waals surface area contributed by atoms with E-state index in [0.29, 0.717) is 24.5 Å². The molecule has 0 atom stereocenters. The Bertz CT molecular complexity index is 1050. The van der Waals surface area contributed by atoms with E-state index < -0.39 is 0 Å². The summed E-state index contributed by atoms with van der Waals surface area (Å²) >= 11 is 0. The minimum Gasteiger partial charge on any atom is -0.451 e. The van der Waals surface area contributed by atoms with Gasteiger partial charge in [0.25, 0.3) is 5.91 Å². The average Bonchev–Trinajstić information content (AvgIpc) is 3.27. The van der Waals surface area contributed by atoms with Crippen LogP contribution in [-0.4, -0.2) is 29.5 Å². The number of carbonyl (C=O) groups excluding carboxylic acids is 1. The number of nitrogens with zero attached hydrogens (tertiary/aromatic N) is 1. The van der Waals surface area contributed by atoms with E-state index in [1.54, 1.807) is 7.11 Å². The number of hydrogen-bond acceptors (Lipinski definition) is 4. The first-order valence-corrected chi connectivity index (χ1v) is 8.97. The van der Waals surface area contributed by atoms with E-state index in [0.717, 1.165) is 40.6 Å². The van der Waals surface area contributed by atoms with E-state index in [2.05, 4.69) is 15.3 Å². The highest BCUT2D eigenvalue weighted by molar-refractivity contribution is 5.99. The van der Waals surface area contributed by atoms with Crippen molar-refractivity contribution in [3.8, 4) is 0 Å². The van der Waals surface area contributed by atoms with Gasteiger partial charge in [0.05, 0.1) is 17.6 Å². The van der Waals surface area contributed by atoms with Crippen molar-refractivity contribution in [2.24, 2.45) is 0 Å². The summed E-state index contributed by atoms with van der Waals surface area (Å²) in [6.07, 6.45) is 1.55. The summed E-state index contributed by atoms with van der Waals surface area (Å²) in [7, 11) is 1.61. The molecule has 27 heavy (non-hydrogen) atoms. The zero-order chi connectivity index (χ0) is 18.6. The maximum Gasteiger partial charge on any atom is 0.287 e. The van der Waals surface area contributed by atoms with Crippen molar-refractivity contribution in [2.75, 3.05) is 13.7 Å². The largest absolute Gasteiger partial charge is 0.451 e. The number of amides is 1. The molecule has 0 unspecified atom stereocenters. The van der Waals surface area contributed by atoms with Gasteiger partial charge in [-0.15, -0.1) is 0 Å². The normalized spacial score (nSPS) is 11.3. The number of carbonyl (C=O) groups is 1. The summed E-state index contributed by atoms with van der Waals surface area (Å²) < 4.78 is 11.0. The molecule has 2 heterocycles. The molecule has 4 aromatic rings. The first-order valence-electron chi connectivity index (χ1n) is 8.97. The topological polar surface area (TPSA) is 80.1 Å². The lowest BCUT2D eigenvalue weighted by Crippen LogP contribution is -2.25. The minimum absolute atomic E-state index is 0.220. The number of H-pyrrole nitrogens is 1. The fraction of sp³-hybridized carbons (Fsp3) is 0.238. The van der Waals surface area contributed by atoms with Gasteiger partial charge in [0, 0.05) is 31.0 Å². The Balaban J connectivity index is 1.39. The number of rotatable bonds is 7. The van der Waals surface area contributed by atoms with Crippen molar-refractivity contribution in [1.82, 2.24) is 15.3 Å². The van der Waals surface area contributed by atoms with Crippen molar-refractivity contribution >= 4 is 27.9 Å². The Morgan fingerprint density at radius 1 is 1.19 bits per heavy atom. The first-order chi connectivity index (χ1) is 13.3. The van der Waals surface area contributed by atoms with Crippen LogP contribution in [0.4, 0.5) is 0 Å². The highest BCUT2D eigenvalue weighted by Crippen LogP contribution is 2.26. The molecule has 0 aliphatic rings. The van der Waals surface area contributed by atoms with E-state index in [4.69, 9.17) is 9.15 Å². The lowest BCUT2D eigenvalue weighted by molar-refractivity contribution is 0.0921. The van der Waals surface area contributed by atoms with E-state index in [-0.39, 0.29) is 5.91 Å². The van der Waals surface area contributed by atoms with Crippen LogP contribution in [0.1, 0.15) is 28.4 Å². The molecule has 0 radical (unpaired) electrons.